The van der Waals surface area contributed by atoms with Crippen LogP contribution in [0.2, 0.25) is 0 Å². The highest BCUT2D eigenvalue weighted by atomic mass is 16.5. The Balaban J connectivity index is 2.55. The Morgan fingerprint density at radius 2 is 2.47 bits per heavy atom. The van der Waals surface area contributed by atoms with Crippen molar-refractivity contribution in [3.8, 4) is 11.8 Å². The Morgan fingerprint density at radius 1 is 1.67 bits per heavy atom. The zero-order valence-corrected chi connectivity index (χ0v) is 8.24. The maximum Gasteiger partial charge on any atom is 0.317 e. The van der Waals surface area contributed by atoms with Crippen molar-refractivity contribution in [2.45, 2.75) is 13.3 Å². The molecule has 1 heterocycles. The average Bonchev–Trinajstić information content (AvgIpc) is 2.21. The second kappa shape index (κ2) is 5.60. The van der Waals surface area contributed by atoms with Crippen molar-refractivity contribution in [2.75, 3.05) is 6.61 Å². The van der Waals surface area contributed by atoms with Gasteiger partial charge in [0.1, 0.15) is 12.1 Å². The third kappa shape index (κ3) is 4.09. The molecule has 78 valence electrons. The summed E-state index contributed by atoms with van der Waals surface area (Å²) >= 11 is 0. The Kier molecular flexibility index (Phi) is 4.10. The zero-order valence-electron chi connectivity index (χ0n) is 8.24. The maximum absolute atomic E-state index is 10.9. The van der Waals surface area contributed by atoms with E-state index in [1.807, 2.05) is 0 Å². The van der Waals surface area contributed by atoms with Crippen LogP contribution in [0.5, 0.6) is 0 Å². The summed E-state index contributed by atoms with van der Waals surface area (Å²) in [4.78, 5) is 27.7. The highest BCUT2D eigenvalue weighted by Gasteiger charge is 1.96. The Labute approximate surface area is 86.5 Å². The summed E-state index contributed by atoms with van der Waals surface area (Å²) in [7, 11) is 0. The molecule has 5 nitrogen and oxygen atoms in total. The number of esters is 1. The third-order valence-electron chi connectivity index (χ3n) is 1.43. The van der Waals surface area contributed by atoms with E-state index in [9.17, 15) is 9.59 Å². The largest absolute Gasteiger partial charge is 0.465 e. The predicted molar refractivity (Wildman–Crippen MR) is 53.0 cm³/mol. The fourth-order valence-electron chi connectivity index (χ4n) is 0.829. The van der Waals surface area contributed by atoms with E-state index < -0.39 is 0 Å². The van der Waals surface area contributed by atoms with Crippen molar-refractivity contribution in [3.63, 3.8) is 0 Å². The van der Waals surface area contributed by atoms with Gasteiger partial charge < -0.3 is 9.72 Å². The van der Waals surface area contributed by atoms with Crippen LogP contribution in [0.15, 0.2) is 17.2 Å². The summed E-state index contributed by atoms with van der Waals surface area (Å²) in [5, 5.41) is 0. The normalized spacial score (nSPS) is 8.87. The first-order chi connectivity index (χ1) is 7.22. The second-order valence-corrected chi connectivity index (χ2v) is 2.58. The first kappa shape index (κ1) is 11.0. The standard InChI is InChI=1S/C10H10N2O3/c1-2-15-10(14)5-3-4-8-6-12-9(13)7-11-8/h6-7H,2,5H2,1H3,(H,12,13). The van der Waals surface area contributed by atoms with Gasteiger partial charge >= 0.3 is 5.97 Å². The number of aromatic nitrogens is 2. The molecule has 1 rings (SSSR count). The molecule has 0 atom stereocenters. The van der Waals surface area contributed by atoms with Crippen molar-refractivity contribution in [1.82, 2.24) is 9.97 Å². The zero-order chi connectivity index (χ0) is 11.1. The summed E-state index contributed by atoms with van der Waals surface area (Å²) in [5.41, 5.74) is 0.129. The topological polar surface area (TPSA) is 72.1 Å². The van der Waals surface area contributed by atoms with Crippen molar-refractivity contribution in [3.05, 3.63) is 28.4 Å². The minimum absolute atomic E-state index is 0.0225. The summed E-state index contributed by atoms with van der Waals surface area (Å²) in [5.74, 6) is 4.86. The molecule has 0 saturated heterocycles. The van der Waals surface area contributed by atoms with Gasteiger partial charge in [-0.1, -0.05) is 5.92 Å². The molecule has 0 spiro atoms. The van der Waals surface area contributed by atoms with Gasteiger partial charge in [0, 0.05) is 6.20 Å². The molecule has 0 aromatic carbocycles. The number of carbonyl (C=O) groups excluding carboxylic acids is 1. The van der Waals surface area contributed by atoms with Gasteiger partial charge in [0.05, 0.1) is 12.8 Å². The van der Waals surface area contributed by atoms with Crippen LogP contribution in [0.3, 0.4) is 0 Å². The lowest BCUT2D eigenvalue weighted by Crippen LogP contribution is -2.05. The van der Waals surface area contributed by atoms with Crippen molar-refractivity contribution < 1.29 is 9.53 Å². The van der Waals surface area contributed by atoms with Crippen LogP contribution < -0.4 is 5.56 Å². The minimum Gasteiger partial charge on any atom is -0.465 e. The second-order valence-electron chi connectivity index (χ2n) is 2.58. The molecule has 0 aliphatic rings. The lowest BCUT2D eigenvalue weighted by atomic mass is 10.4. The number of nitrogens with one attached hydrogen (secondary N) is 1. The van der Waals surface area contributed by atoms with Crippen LogP contribution in [-0.2, 0) is 9.53 Å². The van der Waals surface area contributed by atoms with Gasteiger partial charge in [0.15, 0.2) is 0 Å². The fourth-order valence-corrected chi connectivity index (χ4v) is 0.829. The van der Waals surface area contributed by atoms with Gasteiger partial charge in [-0.3, -0.25) is 9.59 Å². The van der Waals surface area contributed by atoms with E-state index in [1.54, 1.807) is 6.92 Å². The van der Waals surface area contributed by atoms with E-state index in [1.165, 1.54) is 6.20 Å². The fraction of sp³-hybridized carbons (Fsp3) is 0.300. The monoisotopic (exact) mass is 206 g/mol. The number of rotatable bonds is 2. The molecule has 15 heavy (non-hydrogen) atoms. The van der Waals surface area contributed by atoms with Gasteiger partial charge in [-0.05, 0) is 12.8 Å². The molecule has 0 saturated carbocycles. The average molecular weight is 206 g/mol. The number of H-pyrrole nitrogens is 1. The lowest BCUT2D eigenvalue weighted by molar-refractivity contribution is -0.141. The highest BCUT2D eigenvalue weighted by Crippen LogP contribution is 1.86. The molecule has 1 N–H and O–H groups in total. The number of hydrogen-bond acceptors (Lipinski definition) is 4. The molecule has 0 aliphatic heterocycles. The van der Waals surface area contributed by atoms with Crippen molar-refractivity contribution in [2.24, 2.45) is 0 Å². The summed E-state index contributed by atoms with van der Waals surface area (Å²) in [6, 6.07) is 0. The van der Waals surface area contributed by atoms with E-state index in [0.29, 0.717) is 12.3 Å². The number of aromatic amines is 1. The molecular weight excluding hydrogens is 196 g/mol. The smallest absolute Gasteiger partial charge is 0.317 e. The van der Waals surface area contributed by atoms with E-state index in [2.05, 4.69) is 26.5 Å². The molecule has 0 aliphatic carbocycles. The maximum atomic E-state index is 10.9. The summed E-state index contributed by atoms with van der Waals surface area (Å²) in [6.07, 6.45) is 2.55. The lowest BCUT2D eigenvalue weighted by Gasteiger charge is -1.94. The van der Waals surface area contributed by atoms with Crippen molar-refractivity contribution >= 4 is 5.97 Å². The van der Waals surface area contributed by atoms with Gasteiger partial charge in [-0.15, -0.1) is 0 Å². The molecule has 0 amide bonds. The van der Waals surface area contributed by atoms with Crippen LogP contribution in [0.1, 0.15) is 19.0 Å². The van der Waals surface area contributed by atoms with E-state index in [0.717, 1.165) is 6.20 Å². The van der Waals surface area contributed by atoms with Crippen LogP contribution in [0.25, 0.3) is 0 Å². The molecule has 5 heteroatoms. The predicted octanol–water partition coefficient (Wildman–Crippen LogP) is 0.0746. The molecule has 0 fully saturated rings. The van der Waals surface area contributed by atoms with Crippen molar-refractivity contribution in [1.29, 1.82) is 0 Å². The van der Waals surface area contributed by atoms with E-state index in [4.69, 9.17) is 0 Å². The molecule has 0 radical (unpaired) electrons. The van der Waals surface area contributed by atoms with Crippen LogP contribution in [-0.4, -0.2) is 22.5 Å². The van der Waals surface area contributed by atoms with Crippen LogP contribution in [0, 0.1) is 11.8 Å². The number of ether oxygens (including phenoxy) is 1. The number of nitrogens with zero attached hydrogens (tertiary/aromatic N) is 1. The van der Waals surface area contributed by atoms with Crippen LogP contribution in [0.4, 0.5) is 0 Å². The first-order valence-corrected chi connectivity index (χ1v) is 4.41. The van der Waals surface area contributed by atoms with Gasteiger partial charge in [-0.25, -0.2) is 4.98 Å². The summed E-state index contributed by atoms with van der Waals surface area (Å²) < 4.78 is 4.68. The van der Waals surface area contributed by atoms with E-state index in [-0.39, 0.29) is 17.9 Å². The van der Waals surface area contributed by atoms with Crippen LogP contribution >= 0.6 is 0 Å². The molecule has 0 bridgehead atoms. The number of carbonyl (C=O) groups is 1. The van der Waals surface area contributed by atoms with Gasteiger partial charge in [0.2, 0.25) is 0 Å². The van der Waals surface area contributed by atoms with Gasteiger partial charge in [0.25, 0.3) is 5.56 Å². The van der Waals surface area contributed by atoms with Gasteiger partial charge in [-0.2, -0.15) is 0 Å². The number of hydrogen-bond donors (Lipinski definition) is 1. The molecule has 1 aromatic rings. The molecular formula is C10H10N2O3. The Hall–Kier alpha value is -2.09. The Morgan fingerprint density at radius 3 is 3.07 bits per heavy atom. The molecule has 1 aromatic heterocycles. The Bertz CT molecular complexity index is 433. The summed E-state index contributed by atoms with van der Waals surface area (Å²) in [6.45, 7) is 2.08. The minimum atomic E-state index is -0.366. The SMILES string of the molecule is CCOC(=O)CC#Cc1c[nH]c(=O)cn1. The quantitative estimate of drug-likeness (QED) is 0.549. The van der Waals surface area contributed by atoms with E-state index >= 15 is 0 Å². The third-order valence-corrected chi connectivity index (χ3v) is 1.43. The molecule has 0 unspecified atom stereocenters. The highest BCUT2D eigenvalue weighted by molar-refractivity contribution is 5.72. The first-order valence-electron chi connectivity index (χ1n) is 4.41.